The molecule has 1 unspecified atom stereocenters. The monoisotopic (exact) mass is 201 g/mol. The summed E-state index contributed by atoms with van der Waals surface area (Å²) in [5.74, 6) is -0.300. The minimum absolute atomic E-state index is 0.0814. The van der Waals surface area contributed by atoms with E-state index in [1.807, 2.05) is 6.92 Å². The van der Waals surface area contributed by atoms with Gasteiger partial charge in [0.25, 0.3) is 0 Å². The SMILES string of the molecule is CCC(N)Cc1cc(F)cc(Cl)c1. The van der Waals surface area contributed by atoms with Gasteiger partial charge >= 0.3 is 0 Å². The van der Waals surface area contributed by atoms with Crippen LogP contribution in [0.4, 0.5) is 4.39 Å². The van der Waals surface area contributed by atoms with Gasteiger partial charge in [-0.1, -0.05) is 18.5 Å². The first-order valence-electron chi connectivity index (χ1n) is 4.32. The molecule has 1 aromatic rings. The Hall–Kier alpha value is -0.600. The average Bonchev–Trinajstić information content (AvgIpc) is 2.02. The maximum absolute atomic E-state index is 12.9. The molecule has 1 atom stereocenters. The number of rotatable bonds is 3. The number of halogens is 2. The lowest BCUT2D eigenvalue weighted by Gasteiger charge is -2.08. The topological polar surface area (TPSA) is 26.0 Å². The zero-order valence-corrected chi connectivity index (χ0v) is 8.31. The van der Waals surface area contributed by atoms with Crippen LogP contribution in [0.1, 0.15) is 18.9 Å². The molecule has 0 spiro atoms. The molecule has 0 heterocycles. The van der Waals surface area contributed by atoms with Crippen molar-refractivity contribution >= 4 is 11.6 Å². The predicted molar refractivity (Wildman–Crippen MR) is 53.4 cm³/mol. The molecule has 1 nitrogen and oxygen atoms in total. The summed E-state index contributed by atoms with van der Waals surface area (Å²) in [7, 11) is 0. The molecular formula is C10H13ClFN. The molecule has 1 aromatic carbocycles. The molecule has 0 aliphatic rings. The summed E-state index contributed by atoms with van der Waals surface area (Å²) in [6, 6.07) is 4.60. The van der Waals surface area contributed by atoms with E-state index < -0.39 is 0 Å². The van der Waals surface area contributed by atoms with Crippen molar-refractivity contribution < 1.29 is 4.39 Å². The van der Waals surface area contributed by atoms with E-state index in [1.165, 1.54) is 12.1 Å². The van der Waals surface area contributed by atoms with Crippen LogP contribution in [0.15, 0.2) is 18.2 Å². The summed E-state index contributed by atoms with van der Waals surface area (Å²) in [4.78, 5) is 0. The van der Waals surface area contributed by atoms with E-state index >= 15 is 0 Å². The highest BCUT2D eigenvalue weighted by Gasteiger charge is 2.03. The molecule has 0 aromatic heterocycles. The largest absolute Gasteiger partial charge is 0.327 e. The van der Waals surface area contributed by atoms with Gasteiger partial charge < -0.3 is 5.73 Å². The fourth-order valence-electron chi connectivity index (χ4n) is 1.18. The van der Waals surface area contributed by atoms with E-state index in [-0.39, 0.29) is 11.9 Å². The molecule has 0 aliphatic carbocycles. The van der Waals surface area contributed by atoms with Crippen LogP contribution >= 0.6 is 11.6 Å². The molecule has 72 valence electrons. The third-order valence-electron chi connectivity index (χ3n) is 1.94. The third kappa shape index (κ3) is 3.33. The number of hydrogen-bond donors (Lipinski definition) is 1. The summed E-state index contributed by atoms with van der Waals surface area (Å²) in [6.45, 7) is 2.01. The summed E-state index contributed by atoms with van der Waals surface area (Å²) in [5.41, 5.74) is 6.60. The predicted octanol–water partition coefficient (Wildman–Crippen LogP) is 2.76. The zero-order chi connectivity index (χ0) is 9.84. The standard InChI is InChI=1S/C10H13ClFN/c1-2-10(13)5-7-3-8(11)6-9(12)4-7/h3-4,6,10H,2,5,13H2,1H3. The van der Waals surface area contributed by atoms with E-state index in [9.17, 15) is 4.39 Å². The first-order chi connectivity index (χ1) is 6.11. The fourth-order valence-corrected chi connectivity index (χ4v) is 1.42. The second-order valence-electron chi connectivity index (χ2n) is 3.15. The van der Waals surface area contributed by atoms with Crippen molar-refractivity contribution in [1.82, 2.24) is 0 Å². The molecule has 2 N–H and O–H groups in total. The Morgan fingerprint density at radius 3 is 2.69 bits per heavy atom. The molecule has 0 aliphatic heterocycles. The highest BCUT2D eigenvalue weighted by atomic mass is 35.5. The highest BCUT2D eigenvalue weighted by molar-refractivity contribution is 6.30. The van der Waals surface area contributed by atoms with Gasteiger partial charge in [0.1, 0.15) is 5.82 Å². The summed E-state index contributed by atoms with van der Waals surface area (Å²) in [6.07, 6.45) is 1.56. The van der Waals surface area contributed by atoms with Gasteiger partial charge in [-0.2, -0.15) is 0 Å². The smallest absolute Gasteiger partial charge is 0.124 e. The molecular weight excluding hydrogens is 189 g/mol. The number of hydrogen-bond acceptors (Lipinski definition) is 1. The molecule has 0 saturated carbocycles. The first kappa shape index (κ1) is 10.5. The third-order valence-corrected chi connectivity index (χ3v) is 2.16. The van der Waals surface area contributed by atoms with Gasteiger partial charge in [-0.3, -0.25) is 0 Å². The van der Waals surface area contributed by atoms with Gasteiger partial charge in [-0.15, -0.1) is 0 Å². The van der Waals surface area contributed by atoms with Crippen LogP contribution in [0.2, 0.25) is 5.02 Å². The van der Waals surface area contributed by atoms with Crippen LogP contribution in [-0.2, 0) is 6.42 Å². The van der Waals surface area contributed by atoms with E-state index in [1.54, 1.807) is 6.07 Å². The van der Waals surface area contributed by atoms with E-state index in [4.69, 9.17) is 17.3 Å². The van der Waals surface area contributed by atoms with Gasteiger partial charge in [0.15, 0.2) is 0 Å². The van der Waals surface area contributed by atoms with Crippen molar-refractivity contribution in [3.05, 3.63) is 34.6 Å². The van der Waals surface area contributed by atoms with Crippen molar-refractivity contribution in [2.24, 2.45) is 5.73 Å². The van der Waals surface area contributed by atoms with Crippen molar-refractivity contribution in [3.8, 4) is 0 Å². The van der Waals surface area contributed by atoms with Crippen LogP contribution in [-0.4, -0.2) is 6.04 Å². The van der Waals surface area contributed by atoms with Crippen LogP contribution < -0.4 is 5.73 Å². The van der Waals surface area contributed by atoms with Crippen LogP contribution in [0.5, 0.6) is 0 Å². The Labute approximate surface area is 82.7 Å². The molecule has 13 heavy (non-hydrogen) atoms. The number of benzene rings is 1. The highest BCUT2D eigenvalue weighted by Crippen LogP contribution is 2.15. The van der Waals surface area contributed by atoms with Crippen molar-refractivity contribution in [2.75, 3.05) is 0 Å². The van der Waals surface area contributed by atoms with Gasteiger partial charge in [0.05, 0.1) is 0 Å². The van der Waals surface area contributed by atoms with Crippen LogP contribution in [0.3, 0.4) is 0 Å². The van der Waals surface area contributed by atoms with E-state index in [0.29, 0.717) is 11.4 Å². The lowest BCUT2D eigenvalue weighted by Crippen LogP contribution is -2.21. The molecule has 1 rings (SSSR count). The molecule has 0 fully saturated rings. The van der Waals surface area contributed by atoms with Crippen molar-refractivity contribution in [2.45, 2.75) is 25.8 Å². The summed E-state index contributed by atoms with van der Waals surface area (Å²) < 4.78 is 12.9. The second-order valence-corrected chi connectivity index (χ2v) is 3.59. The van der Waals surface area contributed by atoms with Crippen LogP contribution in [0.25, 0.3) is 0 Å². The summed E-state index contributed by atoms with van der Waals surface area (Å²) >= 11 is 5.70. The fraction of sp³-hybridized carbons (Fsp3) is 0.400. The second kappa shape index (κ2) is 4.58. The van der Waals surface area contributed by atoms with Gasteiger partial charge in [0, 0.05) is 11.1 Å². The molecule has 3 heteroatoms. The van der Waals surface area contributed by atoms with Gasteiger partial charge in [-0.05, 0) is 36.6 Å². The molecule has 0 amide bonds. The Balaban J connectivity index is 2.77. The minimum atomic E-state index is -0.300. The Bertz CT molecular complexity index is 268. The van der Waals surface area contributed by atoms with Gasteiger partial charge in [-0.25, -0.2) is 4.39 Å². The Morgan fingerprint density at radius 2 is 2.15 bits per heavy atom. The molecule has 0 radical (unpaired) electrons. The van der Waals surface area contributed by atoms with Crippen LogP contribution in [0, 0.1) is 5.82 Å². The molecule has 0 saturated heterocycles. The average molecular weight is 202 g/mol. The zero-order valence-electron chi connectivity index (χ0n) is 7.56. The first-order valence-corrected chi connectivity index (χ1v) is 4.70. The lowest BCUT2D eigenvalue weighted by atomic mass is 10.0. The normalized spacial score (nSPS) is 12.9. The Morgan fingerprint density at radius 1 is 1.46 bits per heavy atom. The maximum atomic E-state index is 12.9. The lowest BCUT2D eigenvalue weighted by molar-refractivity contribution is 0.614. The van der Waals surface area contributed by atoms with Crippen molar-refractivity contribution in [1.29, 1.82) is 0 Å². The molecule has 0 bridgehead atoms. The van der Waals surface area contributed by atoms with E-state index in [0.717, 1.165) is 12.0 Å². The number of nitrogens with two attached hydrogens (primary N) is 1. The quantitative estimate of drug-likeness (QED) is 0.800. The van der Waals surface area contributed by atoms with Gasteiger partial charge in [0.2, 0.25) is 0 Å². The van der Waals surface area contributed by atoms with Crippen molar-refractivity contribution in [3.63, 3.8) is 0 Å². The summed E-state index contributed by atoms with van der Waals surface area (Å²) in [5, 5.41) is 0.429. The Kier molecular flexibility index (Phi) is 3.70. The van der Waals surface area contributed by atoms with E-state index in [2.05, 4.69) is 0 Å². The minimum Gasteiger partial charge on any atom is -0.327 e. The maximum Gasteiger partial charge on any atom is 0.124 e.